The van der Waals surface area contributed by atoms with Crippen molar-refractivity contribution in [3.05, 3.63) is 48.5 Å². The van der Waals surface area contributed by atoms with E-state index in [1.165, 1.54) is 0 Å². The lowest BCUT2D eigenvalue weighted by molar-refractivity contribution is -0.138. The zero-order valence-electron chi connectivity index (χ0n) is 14.2. The minimum Gasteiger partial charge on any atom is -0.484 e. The number of H-pyrrole nitrogens is 1. The third-order valence-electron chi connectivity index (χ3n) is 4.40. The summed E-state index contributed by atoms with van der Waals surface area (Å²) in [5, 5.41) is 10.7. The molecule has 0 bridgehead atoms. The SMILES string of the molecule is O=C(COc1ccccc1)N1CCCC[C@@H]1c1nc(-c2ccn[nH]2)no1. The van der Waals surface area contributed by atoms with Crippen molar-refractivity contribution >= 4 is 5.91 Å². The number of rotatable bonds is 5. The molecule has 0 unspecified atom stereocenters. The minimum absolute atomic E-state index is 0.0118. The number of carbonyl (C=O) groups excluding carboxylic acids is 1. The first-order valence-electron chi connectivity index (χ1n) is 8.62. The van der Waals surface area contributed by atoms with Crippen molar-refractivity contribution in [3.8, 4) is 17.3 Å². The zero-order valence-corrected chi connectivity index (χ0v) is 14.2. The molecule has 0 aliphatic carbocycles. The van der Waals surface area contributed by atoms with Crippen LogP contribution in [0.3, 0.4) is 0 Å². The van der Waals surface area contributed by atoms with Crippen LogP contribution in [0.4, 0.5) is 0 Å². The summed E-state index contributed by atoms with van der Waals surface area (Å²) in [6.45, 7) is 0.644. The molecular formula is C18H19N5O3. The van der Waals surface area contributed by atoms with Crippen LogP contribution in [-0.2, 0) is 4.79 Å². The first-order valence-corrected chi connectivity index (χ1v) is 8.62. The van der Waals surface area contributed by atoms with Crippen molar-refractivity contribution in [2.45, 2.75) is 25.3 Å². The number of para-hydroxylation sites is 1. The van der Waals surface area contributed by atoms with E-state index in [1.807, 2.05) is 30.3 Å². The van der Waals surface area contributed by atoms with Gasteiger partial charge in [0.05, 0.1) is 0 Å². The van der Waals surface area contributed by atoms with Gasteiger partial charge in [-0.15, -0.1) is 0 Å². The molecule has 2 aromatic heterocycles. The van der Waals surface area contributed by atoms with Gasteiger partial charge in [-0.1, -0.05) is 23.4 Å². The predicted molar refractivity (Wildman–Crippen MR) is 92.1 cm³/mol. The van der Waals surface area contributed by atoms with Crippen LogP contribution in [0, 0.1) is 0 Å². The van der Waals surface area contributed by atoms with E-state index >= 15 is 0 Å². The number of aromatic nitrogens is 4. The maximum atomic E-state index is 12.7. The Hall–Kier alpha value is -3.16. The lowest BCUT2D eigenvalue weighted by Gasteiger charge is -2.33. The summed E-state index contributed by atoms with van der Waals surface area (Å²) in [4.78, 5) is 18.9. The lowest BCUT2D eigenvalue weighted by Crippen LogP contribution is -2.41. The number of amides is 1. The number of benzene rings is 1. The second-order valence-electron chi connectivity index (χ2n) is 6.13. The average Bonchev–Trinajstić information content (AvgIpc) is 3.38. The fraction of sp³-hybridized carbons (Fsp3) is 0.333. The molecule has 1 N–H and O–H groups in total. The predicted octanol–water partition coefficient (Wildman–Crippen LogP) is 2.59. The summed E-state index contributed by atoms with van der Waals surface area (Å²) in [6, 6.07) is 10.9. The summed E-state index contributed by atoms with van der Waals surface area (Å²) in [6.07, 6.45) is 4.38. The molecule has 1 fully saturated rings. The molecule has 1 aliphatic rings. The molecule has 0 saturated carbocycles. The van der Waals surface area contributed by atoms with Crippen LogP contribution in [-0.4, -0.2) is 44.3 Å². The molecule has 1 aliphatic heterocycles. The first kappa shape index (κ1) is 16.3. The van der Waals surface area contributed by atoms with Crippen LogP contribution in [0.5, 0.6) is 5.75 Å². The Kier molecular flexibility index (Phi) is 4.63. The van der Waals surface area contributed by atoms with E-state index < -0.39 is 0 Å². The summed E-state index contributed by atoms with van der Waals surface area (Å²) >= 11 is 0. The average molecular weight is 353 g/mol. The molecule has 8 heteroatoms. The Morgan fingerprint density at radius 1 is 1.27 bits per heavy atom. The van der Waals surface area contributed by atoms with Crippen LogP contribution in [0.1, 0.15) is 31.2 Å². The molecule has 0 radical (unpaired) electrons. The molecule has 1 amide bonds. The number of hydrogen-bond donors (Lipinski definition) is 1. The third kappa shape index (κ3) is 3.44. The van der Waals surface area contributed by atoms with Crippen LogP contribution >= 0.6 is 0 Å². The highest BCUT2D eigenvalue weighted by Gasteiger charge is 2.32. The summed E-state index contributed by atoms with van der Waals surface area (Å²) in [5.41, 5.74) is 0.682. The van der Waals surface area contributed by atoms with E-state index in [1.54, 1.807) is 17.2 Å². The number of carbonyl (C=O) groups is 1. The van der Waals surface area contributed by atoms with Gasteiger partial charge in [0.1, 0.15) is 17.5 Å². The Morgan fingerprint density at radius 3 is 2.96 bits per heavy atom. The molecule has 0 spiro atoms. The molecule has 4 rings (SSSR count). The van der Waals surface area contributed by atoms with E-state index in [2.05, 4.69) is 20.3 Å². The van der Waals surface area contributed by atoms with E-state index in [0.29, 0.717) is 29.7 Å². The van der Waals surface area contributed by atoms with Gasteiger partial charge in [-0.2, -0.15) is 10.1 Å². The van der Waals surface area contributed by atoms with E-state index in [9.17, 15) is 4.79 Å². The summed E-state index contributed by atoms with van der Waals surface area (Å²) in [7, 11) is 0. The van der Waals surface area contributed by atoms with Crippen molar-refractivity contribution in [1.29, 1.82) is 0 Å². The number of nitrogens with one attached hydrogen (secondary N) is 1. The zero-order chi connectivity index (χ0) is 17.8. The fourth-order valence-corrected chi connectivity index (χ4v) is 3.09. The van der Waals surface area contributed by atoms with Gasteiger partial charge in [0, 0.05) is 12.7 Å². The number of nitrogens with zero attached hydrogens (tertiary/aromatic N) is 4. The Bertz CT molecular complexity index is 847. The number of ether oxygens (including phenoxy) is 1. The Balaban J connectivity index is 1.47. The largest absolute Gasteiger partial charge is 0.484 e. The van der Waals surface area contributed by atoms with Crippen molar-refractivity contribution in [2.75, 3.05) is 13.2 Å². The van der Waals surface area contributed by atoms with Gasteiger partial charge in [-0.25, -0.2) is 0 Å². The monoisotopic (exact) mass is 353 g/mol. The molecule has 1 atom stereocenters. The quantitative estimate of drug-likeness (QED) is 0.757. The molecule has 134 valence electrons. The third-order valence-corrected chi connectivity index (χ3v) is 4.40. The Morgan fingerprint density at radius 2 is 2.15 bits per heavy atom. The molecule has 3 heterocycles. The van der Waals surface area contributed by atoms with Gasteiger partial charge in [-0.05, 0) is 37.5 Å². The van der Waals surface area contributed by atoms with Crippen molar-refractivity contribution in [1.82, 2.24) is 25.2 Å². The molecule has 3 aromatic rings. The van der Waals surface area contributed by atoms with Gasteiger partial charge in [-0.3, -0.25) is 9.89 Å². The second-order valence-corrected chi connectivity index (χ2v) is 6.13. The van der Waals surface area contributed by atoms with Crippen LogP contribution in [0.2, 0.25) is 0 Å². The maximum Gasteiger partial charge on any atom is 0.261 e. The van der Waals surface area contributed by atoms with Crippen molar-refractivity contribution < 1.29 is 14.1 Å². The van der Waals surface area contributed by atoms with Crippen molar-refractivity contribution in [3.63, 3.8) is 0 Å². The van der Waals surface area contributed by atoms with Crippen molar-refractivity contribution in [2.24, 2.45) is 0 Å². The van der Waals surface area contributed by atoms with Crippen LogP contribution in [0.25, 0.3) is 11.5 Å². The smallest absolute Gasteiger partial charge is 0.261 e. The Labute approximate surface area is 150 Å². The standard InChI is InChI=1S/C18H19N5O3/c24-16(12-25-13-6-2-1-3-7-13)23-11-5-4-8-15(23)18-20-17(22-26-18)14-9-10-19-21-14/h1-3,6-7,9-10,15H,4-5,8,11-12H2,(H,19,21)/t15-/m1/s1. The number of hydrogen-bond acceptors (Lipinski definition) is 6. The maximum absolute atomic E-state index is 12.7. The van der Waals surface area contributed by atoms with E-state index in [0.717, 1.165) is 19.3 Å². The number of piperidine rings is 1. The van der Waals surface area contributed by atoms with Crippen LogP contribution in [0.15, 0.2) is 47.1 Å². The molecule has 8 nitrogen and oxygen atoms in total. The van der Waals surface area contributed by atoms with E-state index in [-0.39, 0.29) is 18.6 Å². The number of likely N-dealkylation sites (tertiary alicyclic amines) is 1. The summed E-state index contributed by atoms with van der Waals surface area (Å²) in [5.74, 6) is 1.48. The highest BCUT2D eigenvalue weighted by atomic mass is 16.5. The van der Waals surface area contributed by atoms with Gasteiger partial charge >= 0.3 is 0 Å². The van der Waals surface area contributed by atoms with E-state index in [4.69, 9.17) is 9.26 Å². The molecule has 26 heavy (non-hydrogen) atoms. The van der Waals surface area contributed by atoms with Gasteiger partial charge < -0.3 is 14.2 Å². The fourth-order valence-electron chi connectivity index (χ4n) is 3.09. The molecule has 1 saturated heterocycles. The van der Waals surface area contributed by atoms with Gasteiger partial charge in [0.25, 0.3) is 5.91 Å². The molecular weight excluding hydrogens is 334 g/mol. The highest BCUT2D eigenvalue weighted by Crippen LogP contribution is 2.31. The minimum atomic E-state index is -0.222. The lowest BCUT2D eigenvalue weighted by atomic mass is 10.0. The first-order chi connectivity index (χ1) is 12.8. The summed E-state index contributed by atoms with van der Waals surface area (Å²) < 4.78 is 11.0. The number of aromatic amines is 1. The topological polar surface area (TPSA) is 97.1 Å². The van der Waals surface area contributed by atoms with Gasteiger partial charge in [0.15, 0.2) is 6.61 Å². The normalized spacial score (nSPS) is 17.2. The molecule has 1 aromatic carbocycles. The van der Waals surface area contributed by atoms with Gasteiger partial charge in [0.2, 0.25) is 11.7 Å². The highest BCUT2D eigenvalue weighted by molar-refractivity contribution is 5.78. The second kappa shape index (κ2) is 7.38. The van der Waals surface area contributed by atoms with Crippen LogP contribution < -0.4 is 4.74 Å².